The highest BCUT2D eigenvalue weighted by atomic mass is 16.5. The van der Waals surface area contributed by atoms with Gasteiger partial charge in [-0.05, 0) is 57.4 Å². The Labute approximate surface area is 158 Å². The van der Waals surface area contributed by atoms with Crippen LogP contribution in [0, 0.1) is 6.92 Å². The second kappa shape index (κ2) is 7.52. The van der Waals surface area contributed by atoms with Crippen LogP contribution in [-0.2, 0) is 4.79 Å². The molecule has 142 valence electrons. The van der Waals surface area contributed by atoms with Gasteiger partial charge in [0.15, 0.2) is 0 Å². The Balaban J connectivity index is 1.36. The first-order valence-corrected chi connectivity index (χ1v) is 9.46. The second-order valence-corrected chi connectivity index (χ2v) is 7.37. The average Bonchev–Trinajstić information content (AvgIpc) is 3.16. The minimum atomic E-state index is -0.0955. The van der Waals surface area contributed by atoms with E-state index in [1.807, 2.05) is 13.0 Å². The number of nitrogens with zero attached hydrogens (tertiary/aromatic N) is 2. The summed E-state index contributed by atoms with van der Waals surface area (Å²) in [6, 6.07) is 9.42. The van der Waals surface area contributed by atoms with E-state index < -0.39 is 0 Å². The molecule has 27 heavy (non-hydrogen) atoms. The van der Waals surface area contributed by atoms with E-state index in [1.54, 1.807) is 24.3 Å². The molecule has 2 fully saturated rings. The van der Waals surface area contributed by atoms with Crippen LogP contribution < -0.4 is 10.6 Å². The van der Waals surface area contributed by atoms with Crippen molar-refractivity contribution < 1.29 is 14.1 Å². The van der Waals surface area contributed by atoms with Gasteiger partial charge in [0.2, 0.25) is 5.91 Å². The molecule has 1 saturated carbocycles. The molecule has 2 N–H and O–H groups in total. The molecule has 2 amide bonds. The van der Waals surface area contributed by atoms with Gasteiger partial charge in [-0.15, -0.1) is 0 Å². The van der Waals surface area contributed by atoms with E-state index in [4.69, 9.17) is 4.52 Å². The van der Waals surface area contributed by atoms with Gasteiger partial charge >= 0.3 is 0 Å². The third-order valence-corrected chi connectivity index (χ3v) is 5.02. The van der Waals surface area contributed by atoms with Crippen molar-refractivity contribution in [2.75, 3.05) is 18.4 Å². The first kappa shape index (κ1) is 17.7. The number of carbonyl (C=O) groups excluding carboxylic acids is 2. The van der Waals surface area contributed by atoms with Gasteiger partial charge in [-0.25, -0.2) is 0 Å². The third-order valence-electron chi connectivity index (χ3n) is 5.02. The summed E-state index contributed by atoms with van der Waals surface area (Å²) in [6.07, 6.45) is 4.09. The lowest BCUT2D eigenvalue weighted by molar-refractivity contribution is -0.117. The largest absolute Gasteiger partial charge is 0.361 e. The predicted octanol–water partition coefficient (Wildman–Crippen LogP) is 2.65. The molecule has 7 heteroatoms. The number of carbonyl (C=O) groups is 2. The molecule has 1 aromatic heterocycles. The Morgan fingerprint density at radius 2 is 2.11 bits per heavy atom. The third kappa shape index (κ3) is 4.36. The van der Waals surface area contributed by atoms with E-state index in [2.05, 4.69) is 20.7 Å². The van der Waals surface area contributed by atoms with Gasteiger partial charge < -0.3 is 15.2 Å². The fraction of sp³-hybridized carbons (Fsp3) is 0.450. The number of benzene rings is 1. The van der Waals surface area contributed by atoms with E-state index in [-0.39, 0.29) is 24.4 Å². The van der Waals surface area contributed by atoms with Gasteiger partial charge in [0.1, 0.15) is 11.5 Å². The van der Waals surface area contributed by atoms with Crippen LogP contribution in [-0.4, -0.2) is 41.0 Å². The van der Waals surface area contributed by atoms with Crippen LogP contribution in [0.5, 0.6) is 0 Å². The maximum absolute atomic E-state index is 12.5. The molecule has 4 rings (SSSR count). The number of anilines is 1. The highest BCUT2D eigenvalue weighted by Gasteiger charge is 2.30. The molecule has 1 aliphatic heterocycles. The van der Waals surface area contributed by atoms with E-state index >= 15 is 0 Å². The molecule has 2 aliphatic rings. The Kier molecular flexibility index (Phi) is 4.94. The molecule has 2 aromatic rings. The molecule has 1 aromatic carbocycles. The summed E-state index contributed by atoms with van der Waals surface area (Å²) in [5.41, 5.74) is 2.09. The highest BCUT2D eigenvalue weighted by molar-refractivity contribution is 5.97. The molecule has 2 heterocycles. The van der Waals surface area contributed by atoms with Crippen LogP contribution in [0.4, 0.5) is 5.69 Å². The summed E-state index contributed by atoms with van der Waals surface area (Å²) < 4.78 is 5.18. The normalized spacial score (nSPS) is 19.8. The van der Waals surface area contributed by atoms with Crippen LogP contribution in [0.15, 0.2) is 34.9 Å². The Morgan fingerprint density at radius 3 is 2.85 bits per heavy atom. The van der Waals surface area contributed by atoms with Crippen LogP contribution >= 0.6 is 0 Å². The number of rotatable bonds is 6. The monoisotopic (exact) mass is 368 g/mol. The van der Waals surface area contributed by atoms with Crippen molar-refractivity contribution in [2.24, 2.45) is 0 Å². The topological polar surface area (TPSA) is 87.5 Å². The Bertz CT molecular complexity index is 843. The van der Waals surface area contributed by atoms with Gasteiger partial charge in [0.25, 0.3) is 5.91 Å². The highest BCUT2D eigenvalue weighted by Crippen LogP contribution is 2.31. The average molecular weight is 368 g/mol. The van der Waals surface area contributed by atoms with Crippen molar-refractivity contribution in [3.05, 3.63) is 47.3 Å². The van der Waals surface area contributed by atoms with Crippen molar-refractivity contribution in [3.8, 4) is 0 Å². The van der Waals surface area contributed by atoms with E-state index in [0.29, 0.717) is 17.3 Å². The van der Waals surface area contributed by atoms with Crippen LogP contribution in [0.2, 0.25) is 0 Å². The van der Waals surface area contributed by atoms with E-state index in [9.17, 15) is 9.59 Å². The molecule has 7 nitrogen and oxygen atoms in total. The number of nitrogens with one attached hydrogen (secondary N) is 2. The molecule has 0 unspecified atom stereocenters. The predicted molar refractivity (Wildman–Crippen MR) is 100 cm³/mol. The second-order valence-electron chi connectivity index (χ2n) is 7.37. The fourth-order valence-corrected chi connectivity index (χ4v) is 3.51. The molecule has 0 spiro atoms. The summed E-state index contributed by atoms with van der Waals surface area (Å²) in [5, 5.41) is 9.97. The SMILES string of the molecule is Cc1cc([C@@H]2CCCN2CC(=O)Nc2cccc(C(=O)NC3CC3)c2)no1. The molecular formula is C20H24N4O3. The van der Waals surface area contributed by atoms with Crippen molar-refractivity contribution in [1.29, 1.82) is 0 Å². The summed E-state index contributed by atoms with van der Waals surface area (Å²) >= 11 is 0. The van der Waals surface area contributed by atoms with Crippen molar-refractivity contribution in [1.82, 2.24) is 15.4 Å². The Hall–Kier alpha value is -2.67. The van der Waals surface area contributed by atoms with Crippen LogP contribution in [0.1, 0.15) is 53.5 Å². The summed E-state index contributed by atoms with van der Waals surface area (Å²) in [4.78, 5) is 26.8. The maximum atomic E-state index is 12.5. The minimum Gasteiger partial charge on any atom is -0.361 e. The number of likely N-dealkylation sites (tertiary alicyclic amines) is 1. The van der Waals surface area contributed by atoms with Crippen LogP contribution in [0.3, 0.4) is 0 Å². The number of aryl methyl sites for hydroxylation is 1. The Morgan fingerprint density at radius 1 is 1.26 bits per heavy atom. The summed E-state index contributed by atoms with van der Waals surface area (Å²) in [6.45, 7) is 3.01. The number of aromatic nitrogens is 1. The zero-order valence-electron chi connectivity index (χ0n) is 15.4. The summed E-state index contributed by atoms with van der Waals surface area (Å²) in [7, 11) is 0. The zero-order valence-corrected chi connectivity index (χ0v) is 15.4. The first-order chi connectivity index (χ1) is 13.1. The molecule has 1 aliphatic carbocycles. The molecular weight excluding hydrogens is 344 g/mol. The van der Waals surface area contributed by atoms with E-state index in [0.717, 1.165) is 43.7 Å². The van der Waals surface area contributed by atoms with Crippen LogP contribution in [0.25, 0.3) is 0 Å². The number of amides is 2. The first-order valence-electron chi connectivity index (χ1n) is 9.46. The quantitative estimate of drug-likeness (QED) is 0.818. The molecule has 0 radical (unpaired) electrons. The lowest BCUT2D eigenvalue weighted by atomic mass is 10.1. The lowest BCUT2D eigenvalue weighted by Gasteiger charge is -2.22. The maximum Gasteiger partial charge on any atom is 0.251 e. The minimum absolute atomic E-state index is 0.0883. The number of hydrogen-bond acceptors (Lipinski definition) is 5. The summed E-state index contributed by atoms with van der Waals surface area (Å²) in [5.74, 6) is 0.596. The fourth-order valence-electron chi connectivity index (χ4n) is 3.51. The van der Waals surface area contributed by atoms with Crippen molar-refractivity contribution >= 4 is 17.5 Å². The van der Waals surface area contributed by atoms with Gasteiger partial charge in [-0.1, -0.05) is 11.2 Å². The standard InChI is InChI=1S/C20H24N4O3/c1-13-10-17(23-27-13)18-6-3-9-24(18)12-19(25)21-16-5-2-4-14(11-16)20(26)22-15-7-8-15/h2,4-5,10-11,15,18H,3,6-9,12H2,1H3,(H,21,25)(H,22,26)/t18-/m0/s1. The van der Waals surface area contributed by atoms with Crippen molar-refractivity contribution in [3.63, 3.8) is 0 Å². The van der Waals surface area contributed by atoms with Gasteiger partial charge in [-0.2, -0.15) is 0 Å². The molecule has 1 atom stereocenters. The van der Waals surface area contributed by atoms with Gasteiger partial charge in [0.05, 0.1) is 12.6 Å². The lowest BCUT2D eigenvalue weighted by Crippen LogP contribution is -2.33. The zero-order chi connectivity index (χ0) is 18.8. The van der Waals surface area contributed by atoms with Gasteiger partial charge in [-0.3, -0.25) is 14.5 Å². The number of hydrogen-bond donors (Lipinski definition) is 2. The van der Waals surface area contributed by atoms with E-state index in [1.165, 1.54) is 0 Å². The van der Waals surface area contributed by atoms with Gasteiger partial charge in [0, 0.05) is 23.4 Å². The molecule has 0 bridgehead atoms. The molecule has 1 saturated heterocycles. The van der Waals surface area contributed by atoms with Crippen molar-refractivity contribution in [2.45, 2.75) is 44.7 Å². The smallest absolute Gasteiger partial charge is 0.251 e.